The van der Waals surface area contributed by atoms with Crippen molar-refractivity contribution in [2.45, 2.75) is 94.5 Å². The van der Waals surface area contributed by atoms with Gasteiger partial charge in [0.15, 0.2) is 6.23 Å². The Balaban J connectivity index is 1.30. The van der Waals surface area contributed by atoms with Gasteiger partial charge in [-0.1, -0.05) is 37.5 Å². The third-order valence-electron chi connectivity index (χ3n) is 10.4. The Kier molecular flexibility index (Phi) is 13.5. The number of nitrogens with one attached hydrogen (secondary N) is 6. The zero-order valence-corrected chi connectivity index (χ0v) is 30.7. The Morgan fingerprint density at radius 2 is 1.76 bits per heavy atom. The summed E-state index contributed by atoms with van der Waals surface area (Å²) in [5.41, 5.74) is 5.68. The summed E-state index contributed by atoms with van der Waals surface area (Å²) < 4.78 is 6.86. The molecule has 1 aliphatic carbocycles. The van der Waals surface area contributed by atoms with Crippen molar-refractivity contribution in [2.75, 3.05) is 20.1 Å². The van der Waals surface area contributed by atoms with Crippen LogP contribution in [0.2, 0.25) is 0 Å². The van der Waals surface area contributed by atoms with Crippen molar-refractivity contribution in [3.63, 3.8) is 0 Å². The number of urea groups is 1. The number of aliphatic carboxylic acids is 1. The van der Waals surface area contributed by atoms with Crippen LogP contribution in [0.5, 0.6) is 0 Å². The summed E-state index contributed by atoms with van der Waals surface area (Å²) in [6, 6.07) is 2.80. The van der Waals surface area contributed by atoms with Gasteiger partial charge in [0, 0.05) is 55.8 Å². The SMILES string of the molecule is C[C@@H]([C@H](NC(=O)C(NC(=O)N[C@@H](Cc1c[nH]c2ccccc12)C(=O)O)C1CCCCC1)C(=O)NC[C@H]1C[C@@H](O)[C@H](n2ccc(=O)[nH]c2=O)O1)N(C)C(=O)CN. The molecular weight excluding hydrogens is 718 g/mol. The number of likely N-dealkylation sites (N-methyl/N-ethyl adjacent to an activating group) is 1. The number of para-hydroxylation sites is 1. The predicted molar refractivity (Wildman–Crippen MR) is 198 cm³/mol. The molecule has 2 aromatic heterocycles. The molecule has 10 N–H and O–H groups in total. The van der Waals surface area contributed by atoms with Crippen molar-refractivity contribution < 1.29 is 38.9 Å². The summed E-state index contributed by atoms with van der Waals surface area (Å²) in [6.45, 7) is 1.03. The lowest BCUT2D eigenvalue weighted by Crippen LogP contribution is -2.63. The number of hydrogen-bond donors (Lipinski definition) is 9. The summed E-state index contributed by atoms with van der Waals surface area (Å²) in [6.07, 6.45) is 3.53. The lowest BCUT2D eigenvalue weighted by molar-refractivity contribution is -0.139. The fourth-order valence-electron chi connectivity index (χ4n) is 7.23. The van der Waals surface area contributed by atoms with Gasteiger partial charge in [-0.05, 0) is 37.3 Å². The minimum atomic E-state index is -1.36. The number of ether oxygens (including phenoxy) is 1. The van der Waals surface area contributed by atoms with Gasteiger partial charge < -0.3 is 51.8 Å². The molecule has 55 heavy (non-hydrogen) atoms. The molecule has 19 heteroatoms. The number of carbonyl (C=O) groups is 5. The average molecular weight is 768 g/mol. The fraction of sp³-hybridized carbons (Fsp3) is 0.528. The minimum Gasteiger partial charge on any atom is -0.480 e. The largest absolute Gasteiger partial charge is 0.480 e. The second kappa shape index (κ2) is 18.2. The number of carboxylic acids is 1. The van der Waals surface area contributed by atoms with E-state index in [1.807, 2.05) is 24.3 Å². The number of benzene rings is 1. The summed E-state index contributed by atoms with van der Waals surface area (Å²) in [7, 11) is 1.43. The third kappa shape index (κ3) is 9.97. The summed E-state index contributed by atoms with van der Waals surface area (Å²) in [5.74, 6) is -3.53. The molecule has 2 aliphatic rings. The van der Waals surface area contributed by atoms with Crippen molar-refractivity contribution in [3.8, 4) is 0 Å². The Morgan fingerprint density at radius 3 is 2.45 bits per heavy atom. The van der Waals surface area contributed by atoms with Crippen LogP contribution in [-0.2, 0) is 30.3 Å². The van der Waals surface area contributed by atoms with E-state index < -0.39 is 83.6 Å². The molecule has 0 spiro atoms. The van der Waals surface area contributed by atoms with Crippen LogP contribution in [0.3, 0.4) is 0 Å². The molecule has 5 amide bonds. The first-order valence-electron chi connectivity index (χ1n) is 18.3. The maximum absolute atomic E-state index is 14.1. The second-order valence-corrected chi connectivity index (χ2v) is 14.1. The van der Waals surface area contributed by atoms with E-state index in [4.69, 9.17) is 10.5 Å². The number of aromatic amines is 2. The Bertz CT molecular complexity index is 1970. The van der Waals surface area contributed by atoms with E-state index in [1.54, 1.807) is 13.1 Å². The zero-order valence-electron chi connectivity index (χ0n) is 30.7. The Morgan fingerprint density at radius 1 is 1.04 bits per heavy atom. The van der Waals surface area contributed by atoms with Crippen LogP contribution in [-0.4, -0.2) is 116 Å². The molecule has 1 saturated carbocycles. The van der Waals surface area contributed by atoms with Crippen LogP contribution in [0.15, 0.2) is 52.3 Å². The molecule has 298 valence electrons. The zero-order chi connectivity index (χ0) is 39.8. The number of aromatic nitrogens is 3. The van der Waals surface area contributed by atoms with Gasteiger partial charge in [0.05, 0.1) is 18.7 Å². The molecule has 1 unspecified atom stereocenters. The molecule has 5 rings (SSSR count). The van der Waals surface area contributed by atoms with Crippen molar-refractivity contribution >= 4 is 40.6 Å². The van der Waals surface area contributed by atoms with E-state index in [1.165, 1.54) is 18.1 Å². The van der Waals surface area contributed by atoms with Gasteiger partial charge in [-0.2, -0.15) is 0 Å². The van der Waals surface area contributed by atoms with Crippen LogP contribution >= 0.6 is 0 Å². The van der Waals surface area contributed by atoms with Gasteiger partial charge in [-0.3, -0.25) is 28.7 Å². The van der Waals surface area contributed by atoms with Crippen molar-refractivity contribution in [1.82, 2.24) is 40.7 Å². The minimum absolute atomic E-state index is 0.0229. The van der Waals surface area contributed by atoms with Gasteiger partial charge in [0.25, 0.3) is 5.56 Å². The van der Waals surface area contributed by atoms with Crippen molar-refractivity contribution in [1.29, 1.82) is 0 Å². The topological polar surface area (TPSA) is 283 Å². The Hall–Kier alpha value is -5.53. The molecule has 0 bridgehead atoms. The predicted octanol–water partition coefficient (Wildman–Crippen LogP) is -0.983. The Labute approximate surface area is 315 Å². The van der Waals surface area contributed by atoms with Crippen molar-refractivity contribution in [3.05, 3.63) is 69.1 Å². The van der Waals surface area contributed by atoms with Gasteiger partial charge in [-0.15, -0.1) is 0 Å². The summed E-state index contributed by atoms with van der Waals surface area (Å²) >= 11 is 0. The van der Waals surface area contributed by atoms with E-state index >= 15 is 0 Å². The van der Waals surface area contributed by atoms with E-state index in [2.05, 4.69) is 31.2 Å². The number of nitrogens with two attached hydrogens (primary N) is 1. The highest BCUT2D eigenvalue weighted by atomic mass is 16.5. The number of amides is 5. The van der Waals surface area contributed by atoms with E-state index in [9.17, 15) is 43.8 Å². The van der Waals surface area contributed by atoms with Crippen LogP contribution in [0, 0.1) is 5.92 Å². The quantitative estimate of drug-likeness (QED) is 0.0906. The second-order valence-electron chi connectivity index (χ2n) is 14.1. The van der Waals surface area contributed by atoms with E-state index in [0.717, 1.165) is 40.8 Å². The normalized spacial score (nSPS) is 20.8. The number of carbonyl (C=O) groups excluding carboxylic acids is 4. The molecule has 1 aromatic carbocycles. The smallest absolute Gasteiger partial charge is 0.330 e. The number of rotatable bonds is 15. The number of H-pyrrole nitrogens is 2. The highest BCUT2D eigenvalue weighted by Gasteiger charge is 2.39. The average Bonchev–Trinajstić information content (AvgIpc) is 3.76. The standard InChI is InChI=1S/C36H49N9O10/c1-19(44(2)28(48)16-37)29(31(49)39-18-22-15-26(46)33(55-22)45-13-12-27(47)41-36(45)54)42-32(50)30(20-8-4-3-5-9-20)43-35(53)40-25(34(51)52)14-21-17-38-24-11-7-6-10-23(21)24/h6-7,10-13,17,19-20,22,25-26,29-30,33,38,46H,3-5,8-9,14-16,18,37H2,1-2H3,(H,39,49)(H,42,50)(H,51,52)(H2,40,43,53)(H,41,47,54)/t19-,22+,25-,26+,29-,30?,33+/m0/s1. The maximum atomic E-state index is 14.1. The lowest BCUT2D eigenvalue weighted by atomic mass is 9.83. The van der Waals surface area contributed by atoms with E-state index in [-0.39, 0.29) is 31.8 Å². The van der Waals surface area contributed by atoms with Crippen molar-refractivity contribution in [2.24, 2.45) is 11.7 Å². The lowest BCUT2D eigenvalue weighted by Gasteiger charge is -2.35. The molecule has 2 fully saturated rings. The molecule has 7 atom stereocenters. The number of hydrogen-bond acceptors (Lipinski definition) is 10. The molecule has 1 saturated heterocycles. The van der Waals surface area contributed by atoms with Gasteiger partial charge in [0.1, 0.15) is 24.2 Å². The molecular formula is C36H49N9O10. The number of aliphatic hydroxyl groups is 1. The first kappa shape index (κ1) is 40.7. The number of aliphatic hydroxyl groups excluding tert-OH is 1. The van der Waals surface area contributed by atoms with Gasteiger partial charge >= 0.3 is 17.7 Å². The highest BCUT2D eigenvalue weighted by molar-refractivity contribution is 5.93. The van der Waals surface area contributed by atoms with Crippen LogP contribution in [0.25, 0.3) is 10.9 Å². The number of carboxylic acid groups (broad SMARTS) is 1. The summed E-state index contributed by atoms with van der Waals surface area (Å²) in [4.78, 5) is 96.5. The first-order valence-corrected chi connectivity index (χ1v) is 18.3. The number of nitrogens with zero attached hydrogens (tertiary/aromatic N) is 2. The molecule has 3 heterocycles. The van der Waals surface area contributed by atoms with Gasteiger partial charge in [0.2, 0.25) is 17.7 Å². The highest BCUT2D eigenvalue weighted by Crippen LogP contribution is 2.28. The van der Waals surface area contributed by atoms with Crippen LogP contribution in [0.1, 0.15) is 57.2 Å². The van der Waals surface area contributed by atoms with E-state index in [0.29, 0.717) is 18.4 Å². The maximum Gasteiger partial charge on any atom is 0.330 e. The molecule has 19 nitrogen and oxygen atoms in total. The molecule has 0 radical (unpaired) electrons. The van der Waals surface area contributed by atoms with Gasteiger partial charge in [-0.25, -0.2) is 14.4 Å². The summed E-state index contributed by atoms with van der Waals surface area (Å²) in [5, 5.41) is 32.0. The van der Waals surface area contributed by atoms with Crippen LogP contribution in [0.4, 0.5) is 4.79 Å². The number of fused-ring (bicyclic) bond motifs is 1. The molecule has 1 aliphatic heterocycles. The van der Waals surface area contributed by atoms with Crippen LogP contribution < -0.4 is 38.2 Å². The molecule has 3 aromatic rings. The third-order valence-corrected chi connectivity index (χ3v) is 10.4. The fourth-order valence-corrected chi connectivity index (χ4v) is 7.23. The first-order chi connectivity index (χ1) is 26.3. The monoisotopic (exact) mass is 767 g/mol.